The Kier molecular flexibility index (Phi) is 5.69. The fourth-order valence-electron chi connectivity index (χ4n) is 5.80. The van der Waals surface area contributed by atoms with Crippen LogP contribution >= 0.6 is 23.1 Å². The van der Waals surface area contributed by atoms with Crippen molar-refractivity contribution in [2.24, 2.45) is 0 Å². The summed E-state index contributed by atoms with van der Waals surface area (Å²) in [7, 11) is 1.67. The highest BCUT2D eigenvalue weighted by atomic mass is 32.2. The molecule has 6 heteroatoms. The van der Waals surface area contributed by atoms with Crippen molar-refractivity contribution in [2.75, 3.05) is 17.8 Å². The maximum absolute atomic E-state index is 12.8. The Balaban J connectivity index is 1.18. The van der Waals surface area contributed by atoms with Crippen molar-refractivity contribution in [1.29, 1.82) is 0 Å². The van der Waals surface area contributed by atoms with Gasteiger partial charge in [0, 0.05) is 11.3 Å². The Labute approximate surface area is 209 Å². The van der Waals surface area contributed by atoms with Crippen LogP contribution in [0.15, 0.2) is 47.8 Å². The Bertz CT molecular complexity index is 1210. The Morgan fingerprint density at radius 2 is 1.82 bits per heavy atom. The number of hydrogen-bond acceptors (Lipinski definition) is 5. The number of ether oxygens (including phenoxy) is 1. The zero-order chi connectivity index (χ0) is 23.3. The third-order valence-corrected chi connectivity index (χ3v) is 9.91. The molecule has 3 aromatic rings. The lowest BCUT2D eigenvalue weighted by atomic mass is 9.59. The number of aryl methyl sites for hydroxylation is 2. The van der Waals surface area contributed by atoms with E-state index in [0.29, 0.717) is 11.7 Å². The molecule has 1 saturated heterocycles. The van der Waals surface area contributed by atoms with Crippen LogP contribution in [0.5, 0.6) is 5.75 Å². The number of benzene rings is 2. The lowest BCUT2D eigenvalue weighted by Gasteiger charge is -2.45. The van der Waals surface area contributed by atoms with Crippen molar-refractivity contribution in [3.8, 4) is 5.75 Å². The Morgan fingerprint density at radius 3 is 2.59 bits per heavy atom. The van der Waals surface area contributed by atoms with Gasteiger partial charge in [0.15, 0.2) is 5.13 Å². The molecule has 0 bridgehead atoms. The van der Waals surface area contributed by atoms with E-state index in [1.165, 1.54) is 31.2 Å². The summed E-state index contributed by atoms with van der Waals surface area (Å²) in [6.45, 7) is 2.40. The minimum Gasteiger partial charge on any atom is -0.497 e. The first-order valence-corrected chi connectivity index (χ1v) is 14.1. The van der Waals surface area contributed by atoms with Gasteiger partial charge in [0.1, 0.15) is 11.1 Å². The Morgan fingerprint density at radius 1 is 1.06 bits per heavy atom. The molecule has 1 aliphatic heterocycles. The van der Waals surface area contributed by atoms with Crippen LogP contribution in [-0.4, -0.2) is 23.8 Å². The average Bonchev–Trinajstić information content (AvgIpc) is 3.48. The van der Waals surface area contributed by atoms with Crippen molar-refractivity contribution < 1.29 is 9.53 Å². The van der Waals surface area contributed by atoms with Gasteiger partial charge in [-0.3, -0.25) is 9.69 Å². The summed E-state index contributed by atoms with van der Waals surface area (Å²) in [6, 6.07) is 15.2. The number of fused-ring (bicyclic) bond motifs is 1. The lowest BCUT2D eigenvalue weighted by Crippen LogP contribution is -2.37. The number of amides is 1. The van der Waals surface area contributed by atoms with Crippen LogP contribution in [0, 0.1) is 0 Å². The Hall–Kier alpha value is -2.31. The molecule has 2 fully saturated rings. The molecule has 0 radical (unpaired) electrons. The van der Waals surface area contributed by atoms with Crippen LogP contribution in [0.4, 0.5) is 5.13 Å². The van der Waals surface area contributed by atoms with Gasteiger partial charge in [0.2, 0.25) is 5.91 Å². The number of thioether (sulfide) groups is 1. The molecule has 34 heavy (non-hydrogen) atoms. The highest BCUT2D eigenvalue weighted by Crippen LogP contribution is 2.53. The summed E-state index contributed by atoms with van der Waals surface area (Å²) in [5, 5.41) is 2.97. The first-order chi connectivity index (χ1) is 16.5. The number of rotatable bonds is 5. The number of carbonyl (C=O) groups is 1. The van der Waals surface area contributed by atoms with E-state index in [-0.39, 0.29) is 16.7 Å². The van der Waals surface area contributed by atoms with E-state index in [1.54, 1.807) is 41.3 Å². The molecule has 6 rings (SSSR count). The monoisotopic (exact) mass is 490 g/mol. The molecule has 176 valence electrons. The largest absolute Gasteiger partial charge is 0.497 e. The van der Waals surface area contributed by atoms with Gasteiger partial charge in [0.05, 0.1) is 18.6 Å². The van der Waals surface area contributed by atoms with Gasteiger partial charge in [-0.2, -0.15) is 0 Å². The zero-order valence-electron chi connectivity index (χ0n) is 19.8. The summed E-state index contributed by atoms with van der Waals surface area (Å²) < 4.78 is 5.29. The van der Waals surface area contributed by atoms with Crippen molar-refractivity contribution in [3.05, 3.63) is 75.8 Å². The molecule has 1 saturated carbocycles. The number of hydrogen-bond donors (Lipinski definition) is 0. The van der Waals surface area contributed by atoms with Crippen LogP contribution in [0.25, 0.3) is 0 Å². The highest BCUT2D eigenvalue weighted by molar-refractivity contribution is 8.00. The molecule has 3 aliphatic rings. The summed E-state index contributed by atoms with van der Waals surface area (Å²) >= 11 is 3.27. The second kappa shape index (κ2) is 8.72. The van der Waals surface area contributed by atoms with Crippen LogP contribution in [0.2, 0.25) is 0 Å². The van der Waals surface area contributed by atoms with E-state index in [1.807, 2.05) is 29.2 Å². The second-order valence-electron chi connectivity index (χ2n) is 10.1. The molecular formula is C28H30N2O2S2. The van der Waals surface area contributed by atoms with Crippen molar-refractivity contribution in [2.45, 2.75) is 62.2 Å². The summed E-state index contributed by atoms with van der Waals surface area (Å²) in [5.74, 6) is 1.92. The van der Waals surface area contributed by atoms with Crippen LogP contribution in [0.3, 0.4) is 0 Å². The van der Waals surface area contributed by atoms with Gasteiger partial charge in [-0.1, -0.05) is 37.3 Å². The van der Waals surface area contributed by atoms with E-state index in [0.717, 1.165) is 35.0 Å². The van der Waals surface area contributed by atoms with Gasteiger partial charge >= 0.3 is 0 Å². The molecule has 1 atom stereocenters. The fraction of sp³-hybridized carbons (Fsp3) is 0.429. The normalized spacial score (nSPS) is 26.3. The molecule has 2 aliphatic carbocycles. The van der Waals surface area contributed by atoms with E-state index in [4.69, 9.17) is 9.72 Å². The molecule has 2 aromatic carbocycles. The minimum absolute atomic E-state index is 0.0282. The van der Waals surface area contributed by atoms with Gasteiger partial charge in [0.25, 0.3) is 0 Å². The van der Waals surface area contributed by atoms with Crippen LogP contribution < -0.4 is 9.64 Å². The second-order valence-corrected chi connectivity index (χ2v) is 12.0. The van der Waals surface area contributed by atoms with E-state index < -0.39 is 0 Å². The lowest BCUT2D eigenvalue weighted by molar-refractivity contribution is -0.115. The molecule has 0 spiro atoms. The molecule has 0 N–H and O–H groups in total. The summed E-state index contributed by atoms with van der Waals surface area (Å²) in [4.78, 5) is 19.7. The molecule has 1 aromatic heterocycles. The van der Waals surface area contributed by atoms with Crippen molar-refractivity contribution in [3.63, 3.8) is 0 Å². The van der Waals surface area contributed by atoms with Gasteiger partial charge in [-0.25, -0.2) is 4.98 Å². The van der Waals surface area contributed by atoms with E-state index >= 15 is 0 Å². The maximum Gasteiger partial charge on any atom is 0.240 e. The van der Waals surface area contributed by atoms with E-state index in [2.05, 4.69) is 30.5 Å². The molecule has 1 amide bonds. The quantitative estimate of drug-likeness (QED) is 0.402. The predicted molar refractivity (Wildman–Crippen MR) is 140 cm³/mol. The van der Waals surface area contributed by atoms with Crippen molar-refractivity contribution >= 4 is 34.1 Å². The first kappa shape index (κ1) is 22.2. The minimum atomic E-state index is -0.0282. The summed E-state index contributed by atoms with van der Waals surface area (Å²) in [5.41, 5.74) is 7.10. The number of nitrogens with zero attached hydrogens (tertiary/aromatic N) is 2. The average molecular weight is 491 g/mol. The number of carbonyl (C=O) groups excluding carboxylic acids is 1. The van der Waals surface area contributed by atoms with Gasteiger partial charge in [-0.15, -0.1) is 23.1 Å². The standard InChI is InChI=1S/C28H30N2O2S2/c1-28(22-10-7-18-5-3-4-6-20(18)13-22)14-21(15-28)24-16-34-27(29-24)30-25(31)17-33-26(30)19-8-11-23(32-2)12-9-19/h7-13,16,21,26H,3-6,14-15,17H2,1-2H3. The molecule has 1 unspecified atom stereocenters. The fourth-order valence-corrected chi connectivity index (χ4v) is 7.97. The maximum atomic E-state index is 12.8. The number of thiazole rings is 1. The number of aromatic nitrogens is 1. The molecule has 2 heterocycles. The van der Waals surface area contributed by atoms with Gasteiger partial charge in [-0.05, 0) is 78.3 Å². The number of anilines is 1. The molecule has 4 nitrogen and oxygen atoms in total. The van der Waals surface area contributed by atoms with Crippen molar-refractivity contribution in [1.82, 2.24) is 4.98 Å². The van der Waals surface area contributed by atoms with Crippen LogP contribution in [0.1, 0.15) is 71.8 Å². The summed E-state index contributed by atoms with van der Waals surface area (Å²) in [6.07, 6.45) is 7.37. The van der Waals surface area contributed by atoms with Crippen LogP contribution in [-0.2, 0) is 23.1 Å². The van der Waals surface area contributed by atoms with E-state index in [9.17, 15) is 4.79 Å². The topological polar surface area (TPSA) is 42.4 Å². The number of methoxy groups -OCH3 is 1. The highest BCUT2D eigenvalue weighted by Gasteiger charge is 2.44. The smallest absolute Gasteiger partial charge is 0.240 e. The third kappa shape index (κ3) is 3.85. The first-order valence-electron chi connectivity index (χ1n) is 12.2. The zero-order valence-corrected chi connectivity index (χ0v) is 21.4. The SMILES string of the molecule is COc1ccc(C2SCC(=O)N2c2nc(C3CC(C)(c4ccc5c(c4)CCCC5)C3)cs2)cc1. The van der Waals surface area contributed by atoms with Gasteiger partial charge < -0.3 is 4.74 Å². The predicted octanol–water partition coefficient (Wildman–Crippen LogP) is 6.64. The third-order valence-electron chi connectivity index (χ3n) is 7.84. The molecular weight excluding hydrogens is 460 g/mol.